The van der Waals surface area contributed by atoms with E-state index in [1.54, 1.807) is 0 Å². The molecule has 6 heteroatoms. The fourth-order valence-corrected chi connectivity index (χ4v) is 2.98. The van der Waals surface area contributed by atoms with Gasteiger partial charge in [-0.25, -0.2) is 0 Å². The molecule has 2 unspecified atom stereocenters. The van der Waals surface area contributed by atoms with E-state index >= 15 is 0 Å². The summed E-state index contributed by atoms with van der Waals surface area (Å²) in [5.74, 6) is 1.38. The number of hydrogen-bond acceptors (Lipinski definition) is 4. The molecule has 1 aromatic carbocycles. The predicted octanol–water partition coefficient (Wildman–Crippen LogP) is 2.50. The zero-order valence-electron chi connectivity index (χ0n) is 14.0. The minimum absolute atomic E-state index is 0. The van der Waals surface area contributed by atoms with E-state index in [0.29, 0.717) is 37.4 Å². The highest BCUT2D eigenvalue weighted by Gasteiger charge is 2.26. The van der Waals surface area contributed by atoms with Gasteiger partial charge in [-0.05, 0) is 44.4 Å². The number of nitrogens with two attached hydrogens (primary N) is 1. The van der Waals surface area contributed by atoms with Crippen molar-refractivity contribution in [1.82, 2.24) is 4.90 Å². The summed E-state index contributed by atoms with van der Waals surface area (Å²) in [4.78, 5) is 14.5. The monoisotopic (exact) mass is 341 g/mol. The fraction of sp³-hybridized carbons (Fsp3) is 0.588. The number of benzene rings is 1. The van der Waals surface area contributed by atoms with Crippen LogP contribution in [-0.2, 0) is 4.79 Å². The van der Waals surface area contributed by atoms with E-state index in [1.807, 2.05) is 31.2 Å². The number of nitrogens with one attached hydrogen (secondary N) is 1. The highest BCUT2D eigenvalue weighted by Crippen LogP contribution is 2.25. The van der Waals surface area contributed by atoms with Crippen molar-refractivity contribution < 1.29 is 9.53 Å². The Bertz CT molecular complexity index is 498. The van der Waals surface area contributed by atoms with Crippen molar-refractivity contribution in [3.63, 3.8) is 0 Å². The van der Waals surface area contributed by atoms with E-state index in [0.717, 1.165) is 25.1 Å². The molecular formula is C17H28ClN3O2. The molecule has 1 heterocycles. The topological polar surface area (TPSA) is 67.6 Å². The second kappa shape index (κ2) is 9.75. The lowest BCUT2D eigenvalue weighted by atomic mass is 9.92. The van der Waals surface area contributed by atoms with Crippen LogP contribution in [0.1, 0.15) is 26.7 Å². The average Bonchev–Trinajstić information content (AvgIpc) is 2.51. The zero-order chi connectivity index (χ0) is 15.9. The van der Waals surface area contributed by atoms with Gasteiger partial charge in [0.2, 0.25) is 5.91 Å². The molecule has 130 valence electrons. The Balaban J connectivity index is 0.00000264. The molecule has 1 aliphatic heterocycles. The molecule has 0 bridgehead atoms. The standard InChI is InChI=1S/C17H27N3O2.ClH/c1-3-22-16-7-5-4-6-15(16)19-17(21)12-20-9-8-13(2)10-14(20)11-18;/h4-7,13-14H,3,8-12,18H2,1-2H3,(H,19,21);1H. The van der Waals surface area contributed by atoms with Crippen LogP contribution in [0.15, 0.2) is 24.3 Å². The summed E-state index contributed by atoms with van der Waals surface area (Å²) in [5.41, 5.74) is 6.58. The zero-order valence-corrected chi connectivity index (χ0v) is 14.8. The highest BCUT2D eigenvalue weighted by atomic mass is 35.5. The van der Waals surface area contributed by atoms with Crippen LogP contribution in [0.4, 0.5) is 5.69 Å². The van der Waals surface area contributed by atoms with Gasteiger partial charge in [-0.1, -0.05) is 19.1 Å². The molecular weight excluding hydrogens is 314 g/mol. The van der Waals surface area contributed by atoms with E-state index in [4.69, 9.17) is 10.5 Å². The average molecular weight is 342 g/mol. The molecule has 1 fully saturated rings. The number of anilines is 1. The predicted molar refractivity (Wildman–Crippen MR) is 96.3 cm³/mol. The van der Waals surface area contributed by atoms with Gasteiger partial charge in [0, 0.05) is 12.6 Å². The number of para-hydroxylation sites is 2. The lowest BCUT2D eigenvalue weighted by molar-refractivity contribution is -0.118. The van der Waals surface area contributed by atoms with Crippen molar-refractivity contribution >= 4 is 24.0 Å². The molecule has 1 aliphatic rings. The van der Waals surface area contributed by atoms with Crippen molar-refractivity contribution in [2.24, 2.45) is 11.7 Å². The van der Waals surface area contributed by atoms with Gasteiger partial charge >= 0.3 is 0 Å². The summed E-state index contributed by atoms with van der Waals surface area (Å²) in [6.07, 6.45) is 2.19. The molecule has 5 nitrogen and oxygen atoms in total. The number of piperidine rings is 1. The van der Waals surface area contributed by atoms with Crippen LogP contribution < -0.4 is 15.8 Å². The van der Waals surface area contributed by atoms with Crippen molar-refractivity contribution in [2.75, 3.05) is 31.6 Å². The van der Waals surface area contributed by atoms with Gasteiger partial charge in [-0.15, -0.1) is 12.4 Å². The molecule has 1 saturated heterocycles. The number of rotatable bonds is 6. The number of amides is 1. The molecule has 23 heavy (non-hydrogen) atoms. The quantitative estimate of drug-likeness (QED) is 0.834. The largest absolute Gasteiger partial charge is 0.492 e. The Kier molecular flexibility index (Phi) is 8.37. The number of carbonyl (C=O) groups excluding carboxylic acids is 1. The Morgan fingerprint density at radius 3 is 2.87 bits per heavy atom. The van der Waals surface area contributed by atoms with E-state index in [9.17, 15) is 4.79 Å². The number of carbonyl (C=O) groups is 1. The number of nitrogens with zero attached hydrogens (tertiary/aromatic N) is 1. The Hall–Kier alpha value is -1.30. The van der Waals surface area contributed by atoms with Gasteiger partial charge in [-0.2, -0.15) is 0 Å². The summed E-state index contributed by atoms with van der Waals surface area (Å²) < 4.78 is 5.54. The molecule has 2 rings (SSSR count). The van der Waals surface area contributed by atoms with Crippen LogP contribution in [0.25, 0.3) is 0 Å². The lowest BCUT2D eigenvalue weighted by Gasteiger charge is -2.37. The third-order valence-electron chi connectivity index (χ3n) is 4.18. The van der Waals surface area contributed by atoms with Crippen molar-refractivity contribution in [3.05, 3.63) is 24.3 Å². The Labute approximate surface area is 145 Å². The number of likely N-dealkylation sites (tertiary alicyclic amines) is 1. The van der Waals surface area contributed by atoms with Crippen LogP contribution in [0.5, 0.6) is 5.75 Å². The van der Waals surface area contributed by atoms with Gasteiger partial charge in [0.15, 0.2) is 0 Å². The van der Waals surface area contributed by atoms with Crippen LogP contribution in [0, 0.1) is 5.92 Å². The van der Waals surface area contributed by atoms with Gasteiger partial charge in [0.05, 0.1) is 18.8 Å². The molecule has 2 atom stereocenters. The first-order chi connectivity index (χ1) is 10.6. The smallest absolute Gasteiger partial charge is 0.238 e. The maximum atomic E-state index is 12.3. The van der Waals surface area contributed by atoms with Crippen LogP contribution >= 0.6 is 12.4 Å². The molecule has 1 amide bonds. The van der Waals surface area contributed by atoms with Gasteiger partial charge in [0.25, 0.3) is 0 Å². The van der Waals surface area contributed by atoms with E-state index in [1.165, 1.54) is 0 Å². The number of ether oxygens (including phenoxy) is 1. The van der Waals surface area contributed by atoms with E-state index in [2.05, 4.69) is 17.1 Å². The van der Waals surface area contributed by atoms with Gasteiger partial charge < -0.3 is 15.8 Å². The lowest BCUT2D eigenvalue weighted by Crippen LogP contribution is -2.49. The van der Waals surface area contributed by atoms with Gasteiger partial charge in [-0.3, -0.25) is 9.69 Å². The molecule has 0 radical (unpaired) electrons. The van der Waals surface area contributed by atoms with Gasteiger partial charge in [0.1, 0.15) is 5.75 Å². The van der Waals surface area contributed by atoms with Crippen LogP contribution in [-0.4, -0.2) is 43.1 Å². The summed E-state index contributed by atoms with van der Waals surface area (Å²) in [7, 11) is 0. The number of halogens is 1. The molecule has 0 aromatic heterocycles. The molecule has 0 aliphatic carbocycles. The highest BCUT2D eigenvalue weighted by molar-refractivity contribution is 5.93. The molecule has 1 aromatic rings. The van der Waals surface area contributed by atoms with E-state index in [-0.39, 0.29) is 18.3 Å². The first-order valence-corrected chi connectivity index (χ1v) is 8.09. The maximum Gasteiger partial charge on any atom is 0.238 e. The van der Waals surface area contributed by atoms with Crippen molar-refractivity contribution in [3.8, 4) is 5.75 Å². The van der Waals surface area contributed by atoms with Crippen molar-refractivity contribution in [1.29, 1.82) is 0 Å². The number of hydrogen-bond donors (Lipinski definition) is 2. The maximum absolute atomic E-state index is 12.3. The minimum Gasteiger partial charge on any atom is -0.492 e. The Morgan fingerprint density at radius 2 is 2.17 bits per heavy atom. The SMILES string of the molecule is CCOc1ccccc1NC(=O)CN1CCC(C)CC1CN.Cl. The second-order valence-electron chi connectivity index (χ2n) is 5.97. The summed E-state index contributed by atoms with van der Waals surface area (Å²) in [6, 6.07) is 7.82. The summed E-state index contributed by atoms with van der Waals surface area (Å²) in [6.45, 7) is 6.68. The van der Waals surface area contributed by atoms with E-state index < -0.39 is 0 Å². The minimum atomic E-state index is -0.0137. The van der Waals surface area contributed by atoms with Crippen LogP contribution in [0.2, 0.25) is 0 Å². The molecule has 0 spiro atoms. The van der Waals surface area contributed by atoms with Crippen molar-refractivity contribution in [2.45, 2.75) is 32.7 Å². The normalized spacial score (nSPS) is 21.3. The summed E-state index contributed by atoms with van der Waals surface area (Å²) in [5, 5.41) is 2.95. The first kappa shape index (κ1) is 19.7. The summed E-state index contributed by atoms with van der Waals surface area (Å²) >= 11 is 0. The third-order valence-corrected chi connectivity index (χ3v) is 4.18. The second-order valence-corrected chi connectivity index (χ2v) is 5.97. The fourth-order valence-electron chi connectivity index (χ4n) is 2.98. The molecule has 0 saturated carbocycles. The Morgan fingerprint density at radius 1 is 1.43 bits per heavy atom. The van der Waals surface area contributed by atoms with Crippen LogP contribution in [0.3, 0.4) is 0 Å². The molecule has 3 N–H and O–H groups in total. The first-order valence-electron chi connectivity index (χ1n) is 8.09. The third kappa shape index (κ3) is 5.68.